The van der Waals surface area contributed by atoms with Crippen molar-refractivity contribution in [3.63, 3.8) is 0 Å². The Morgan fingerprint density at radius 1 is 0.864 bits per heavy atom. The van der Waals surface area contributed by atoms with E-state index in [1.54, 1.807) is 0 Å². The van der Waals surface area contributed by atoms with Crippen molar-refractivity contribution < 1.29 is 0 Å². The lowest BCUT2D eigenvalue weighted by molar-refractivity contribution is 0.394. The van der Waals surface area contributed by atoms with Crippen LogP contribution in [0.1, 0.15) is 30.9 Å². The van der Waals surface area contributed by atoms with Crippen LogP contribution >= 0.6 is 0 Å². The van der Waals surface area contributed by atoms with Crippen molar-refractivity contribution in [3.8, 4) is 0 Å². The molecule has 2 atom stereocenters. The quantitative estimate of drug-likeness (QED) is 0.764. The third kappa shape index (κ3) is 2.00. The number of rotatable bonds is 2. The van der Waals surface area contributed by atoms with Gasteiger partial charge in [-0.05, 0) is 46.7 Å². The summed E-state index contributed by atoms with van der Waals surface area (Å²) in [5, 5.41) is 3.52. The van der Waals surface area contributed by atoms with Crippen LogP contribution in [-0.2, 0) is 5.41 Å². The van der Waals surface area contributed by atoms with Gasteiger partial charge in [0.05, 0.1) is 0 Å². The maximum absolute atomic E-state index is 3.52. The fraction of sp³-hybridized carbons (Fsp3) is 0.238. The molecule has 2 aliphatic rings. The van der Waals surface area contributed by atoms with Crippen molar-refractivity contribution in [2.75, 3.05) is 5.32 Å². The highest BCUT2D eigenvalue weighted by molar-refractivity contribution is 5.64. The molecule has 0 amide bonds. The van der Waals surface area contributed by atoms with Crippen LogP contribution in [0.15, 0.2) is 72.8 Å². The Balaban J connectivity index is 1.73. The Labute approximate surface area is 132 Å². The van der Waals surface area contributed by atoms with Crippen LogP contribution in [-0.4, -0.2) is 0 Å². The first kappa shape index (κ1) is 13.4. The molecule has 0 saturated heterocycles. The van der Waals surface area contributed by atoms with Gasteiger partial charge in [0.2, 0.25) is 0 Å². The summed E-state index contributed by atoms with van der Waals surface area (Å²) in [5.74, 6) is 1.10. The molecule has 1 heteroatoms. The Hall–Kier alpha value is -2.28. The van der Waals surface area contributed by atoms with E-state index in [2.05, 4.69) is 85.9 Å². The number of fused-ring (bicyclic) bond motifs is 3. The van der Waals surface area contributed by atoms with Gasteiger partial charge < -0.3 is 5.32 Å². The first-order chi connectivity index (χ1) is 10.7. The van der Waals surface area contributed by atoms with Crippen LogP contribution in [0.2, 0.25) is 0 Å². The summed E-state index contributed by atoms with van der Waals surface area (Å²) >= 11 is 0. The van der Waals surface area contributed by atoms with E-state index in [9.17, 15) is 0 Å². The maximum Gasteiger partial charge on any atom is 0.0387 e. The van der Waals surface area contributed by atoms with Crippen molar-refractivity contribution in [3.05, 3.63) is 84.0 Å². The van der Waals surface area contributed by atoms with Crippen molar-refractivity contribution in [2.45, 2.75) is 25.2 Å². The van der Waals surface area contributed by atoms with E-state index in [1.165, 1.54) is 16.8 Å². The second-order valence-electron chi connectivity index (χ2n) is 6.84. The number of hydrogen-bond acceptors (Lipinski definition) is 1. The number of para-hydroxylation sites is 1. The van der Waals surface area contributed by atoms with Gasteiger partial charge in [0, 0.05) is 17.3 Å². The summed E-state index contributed by atoms with van der Waals surface area (Å²) in [6.07, 6.45) is 9.10. The summed E-state index contributed by atoms with van der Waals surface area (Å²) in [7, 11) is 0. The van der Waals surface area contributed by atoms with Crippen molar-refractivity contribution in [1.82, 2.24) is 0 Å². The number of allylic oxidation sites excluding steroid dienone is 4. The topological polar surface area (TPSA) is 12.0 Å². The molecule has 0 radical (unpaired) electrons. The molecule has 0 aromatic heterocycles. The predicted octanol–water partition coefficient (Wildman–Crippen LogP) is 5.55. The van der Waals surface area contributed by atoms with Gasteiger partial charge in [-0.15, -0.1) is 0 Å². The third-order valence-corrected chi connectivity index (χ3v) is 5.14. The van der Waals surface area contributed by atoms with Gasteiger partial charge in [-0.25, -0.2) is 0 Å². The van der Waals surface area contributed by atoms with Crippen molar-refractivity contribution in [1.29, 1.82) is 0 Å². The average Bonchev–Trinajstić information content (AvgIpc) is 2.77. The monoisotopic (exact) mass is 287 g/mol. The van der Waals surface area contributed by atoms with E-state index < -0.39 is 0 Å². The summed E-state index contributed by atoms with van der Waals surface area (Å²) in [6.45, 7) is 4.73. The van der Waals surface area contributed by atoms with Gasteiger partial charge in [0.25, 0.3) is 0 Å². The summed E-state index contributed by atoms with van der Waals surface area (Å²) in [6, 6.07) is 17.2. The summed E-state index contributed by atoms with van der Waals surface area (Å²) in [5.41, 5.74) is 5.43. The minimum atomic E-state index is 0.176. The molecule has 0 spiro atoms. The predicted molar refractivity (Wildman–Crippen MR) is 93.7 cm³/mol. The van der Waals surface area contributed by atoms with E-state index in [0.717, 1.165) is 5.69 Å². The normalized spacial score (nSPS) is 23.9. The molecule has 2 aliphatic carbocycles. The molecule has 2 unspecified atom stereocenters. The second-order valence-corrected chi connectivity index (χ2v) is 6.84. The molecular formula is C21H21N. The van der Waals surface area contributed by atoms with Gasteiger partial charge in [-0.2, -0.15) is 0 Å². The van der Waals surface area contributed by atoms with E-state index in [-0.39, 0.29) is 5.41 Å². The fourth-order valence-electron chi connectivity index (χ4n) is 3.94. The van der Waals surface area contributed by atoms with E-state index in [1.807, 2.05) is 6.07 Å². The van der Waals surface area contributed by atoms with E-state index in [4.69, 9.17) is 0 Å². The Morgan fingerprint density at radius 2 is 1.64 bits per heavy atom. The zero-order valence-electron chi connectivity index (χ0n) is 13.1. The summed E-state index contributed by atoms with van der Waals surface area (Å²) < 4.78 is 0. The fourth-order valence-corrected chi connectivity index (χ4v) is 3.94. The molecule has 4 rings (SSSR count). The molecule has 2 aromatic carbocycles. The second kappa shape index (κ2) is 4.88. The molecule has 0 heterocycles. The zero-order valence-corrected chi connectivity index (χ0v) is 13.1. The van der Waals surface area contributed by atoms with Gasteiger partial charge in [0.1, 0.15) is 0 Å². The van der Waals surface area contributed by atoms with Gasteiger partial charge in [-0.1, -0.05) is 62.4 Å². The highest BCUT2D eigenvalue weighted by Crippen LogP contribution is 2.53. The van der Waals surface area contributed by atoms with Crippen molar-refractivity contribution in [2.24, 2.45) is 5.92 Å². The van der Waals surface area contributed by atoms with Crippen LogP contribution in [0, 0.1) is 5.92 Å². The number of hydrogen-bond donors (Lipinski definition) is 1. The van der Waals surface area contributed by atoms with Crippen LogP contribution in [0.4, 0.5) is 11.4 Å². The highest BCUT2D eigenvalue weighted by atomic mass is 14.9. The van der Waals surface area contributed by atoms with Crippen LogP contribution in [0.5, 0.6) is 0 Å². The minimum Gasteiger partial charge on any atom is -0.356 e. The van der Waals surface area contributed by atoms with Crippen LogP contribution in [0.25, 0.3) is 0 Å². The van der Waals surface area contributed by atoms with Gasteiger partial charge in [0.15, 0.2) is 0 Å². The largest absolute Gasteiger partial charge is 0.356 e. The smallest absolute Gasteiger partial charge is 0.0387 e. The Kier molecular flexibility index (Phi) is 2.97. The standard InChI is InChI=1S/C21H21N/c1-21(2)19-11-7-6-10-17(19)18-13-12-16(14-20(18)21)22-15-8-4-3-5-9-15/h3-14,17,19,22H,1-2H3. The molecule has 0 aliphatic heterocycles. The minimum absolute atomic E-state index is 0.176. The molecule has 110 valence electrons. The lowest BCUT2D eigenvalue weighted by Gasteiger charge is -2.29. The first-order valence-corrected chi connectivity index (χ1v) is 7.98. The molecule has 0 fully saturated rings. The third-order valence-electron chi connectivity index (χ3n) is 5.14. The molecule has 0 saturated carbocycles. The van der Waals surface area contributed by atoms with Gasteiger partial charge >= 0.3 is 0 Å². The highest BCUT2D eigenvalue weighted by Gasteiger charge is 2.44. The Bertz CT molecular complexity index is 753. The van der Waals surface area contributed by atoms with E-state index in [0.29, 0.717) is 11.8 Å². The van der Waals surface area contributed by atoms with Crippen LogP contribution < -0.4 is 5.32 Å². The number of nitrogens with one attached hydrogen (secondary N) is 1. The maximum atomic E-state index is 3.52. The van der Waals surface area contributed by atoms with Gasteiger partial charge in [-0.3, -0.25) is 0 Å². The number of anilines is 2. The first-order valence-electron chi connectivity index (χ1n) is 7.98. The lowest BCUT2D eigenvalue weighted by atomic mass is 9.74. The van der Waals surface area contributed by atoms with Crippen molar-refractivity contribution >= 4 is 11.4 Å². The van der Waals surface area contributed by atoms with Crippen LogP contribution in [0.3, 0.4) is 0 Å². The lowest BCUT2D eigenvalue weighted by Crippen LogP contribution is -2.24. The Morgan fingerprint density at radius 3 is 2.45 bits per heavy atom. The summed E-state index contributed by atoms with van der Waals surface area (Å²) in [4.78, 5) is 0. The SMILES string of the molecule is CC1(C)c2cc(Nc3ccccc3)ccc2C2C=CC=CC21. The number of benzene rings is 2. The molecule has 2 aromatic rings. The molecule has 1 nitrogen and oxygen atoms in total. The molecule has 0 bridgehead atoms. The average molecular weight is 287 g/mol. The molecule has 1 N–H and O–H groups in total. The zero-order chi connectivity index (χ0) is 15.2. The molecule has 22 heavy (non-hydrogen) atoms. The van der Waals surface area contributed by atoms with E-state index >= 15 is 0 Å². The molecular weight excluding hydrogens is 266 g/mol.